The fourth-order valence-corrected chi connectivity index (χ4v) is 3.30. The van der Waals surface area contributed by atoms with Gasteiger partial charge in [-0.1, -0.05) is 24.3 Å². The molecule has 3 rings (SSSR count). The van der Waals surface area contributed by atoms with Crippen molar-refractivity contribution in [2.45, 2.75) is 6.42 Å². The number of amides is 2. The highest BCUT2D eigenvalue weighted by atomic mass is 35.5. The average Bonchev–Trinajstić information content (AvgIpc) is 2.77. The molecule has 2 aromatic carbocycles. The van der Waals surface area contributed by atoms with Crippen molar-refractivity contribution in [3.05, 3.63) is 65.7 Å². The molecule has 6 nitrogen and oxygen atoms in total. The van der Waals surface area contributed by atoms with Crippen LogP contribution >= 0.6 is 12.4 Å². The lowest BCUT2D eigenvalue weighted by Gasteiger charge is -2.27. The number of carbonyl (C=O) groups is 2. The van der Waals surface area contributed by atoms with Gasteiger partial charge in [0.2, 0.25) is 0 Å². The van der Waals surface area contributed by atoms with Crippen molar-refractivity contribution in [1.82, 2.24) is 15.5 Å². The van der Waals surface area contributed by atoms with Gasteiger partial charge in [0.05, 0.1) is 0 Å². The third-order valence-electron chi connectivity index (χ3n) is 4.97. The summed E-state index contributed by atoms with van der Waals surface area (Å²) >= 11 is 0. The fourth-order valence-electron chi connectivity index (χ4n) is 3.30. The van der Waals surface area contributed by atoms with E-state index in [0.29, 0.717) is 17.7 Å². The molecule has 0 spiro atoms. The molecular formula is C22H29ClN4O2. The molecule has 2 aromatic rings. The van der Waals surface area contributed by atoms with Crippen LogP contribution in [0.2, 0.25) is 0 Å². The van der Waals surface area contributed by atoms with Gasteiger partial charge in [-0.05, 0) is 43.3 Å². The van der Waals surface area contributed by atoms with Gasteiger partial charge in [0.25, 0.3) is 11.8 Å². The third-order valence-corrected chi connectivity index (χ3v) is 4.97. The maximum atomic E-state index is 12.7. The Balaban J connectivity index is 0.00000300. The smallest absolute Gasteiger partial charge is 0.258 e. The minimum atomic E-state index is -0.141. The second-order valence-corrected chi connectivity index (χ2v) is 6.98. The Morgan fingerprint density at radius 2 is 1.72 bits per heavy atom. The SMILES string of the molecule is CN(C(=O)c1cccc(C(=O)NCCCN2CCNCC2)c1)c1ccccc1.Cl. The van der Waals surface area contributed by atoms with E-state index in [1.165, 1.54) is 0 Å². The maximum absolute atomic E-state index is 12.7. The molecule has 0 atom stereocenters. The van der Waals surface area contributed by atoms with Gasteiger partial charge in [0, 0.05) is 56.6 Å². The number of anilines is 1. The molecule has 1 heterocycles. The van der Waals surface area contributed by atoms with Crippen molar-refractivity contribution in [1.29, 1.82) is 0 Å². The van der Waals surface area contributed by atoms with Crippen LogP contribution in [0.1, 0.15) is 27.1 Å². The minimum Gasteiger partial charge on any atom is -0.352 e. The quantitative estimate of drug-likeness (QED) is 0.680. The van der Waals surface area contributed by atoms with Crippen molar-refractivity contribution < 1.29 is 9.59 Å². The summed E-state index contributed by atoms with van der Waals surface area (Å²) in [5, 5.41) is 6.29. The van der Waals surface area contributed by atoms with E-state index in [0.717, 1.165) is 44.8 Å². The lowest BCUT2D eigenvalue weighted by atomic mass is 10.1. The number of para-hydroxylation sites is 1. The van der Waals surface area contributed by atoms with Crippen LogP contribution in [0.4, 0.5) is 5.69 Å². The van der Waals surface area contributed by atoms with E-state index in [1.807, 2.05) is 30.3 Å². The number of rotatable bonds is 7. The fraction of sp³-hybridized carbons (Fsp3) is 0.364. The number of hydrogen-bond donors (Lipinski definition) is 2. The van der Waals surface area contributed by atoms with E-state index in [2.05, 4.69) is 15.5 Å². The van der Waals surface area contributed by atoms with Gasteiger partial charge in [-0.3, -0.25) is 9.59 Å². The second-order valence-electron chi connectivity index (χ2n) is 6.98. The third kappa shape index (κ3) is 6.56. The van der Waals surface area contributed by atoms with Crippen LogP contribution in [0.15, 0.2) is 54.6 Å². The van der Waals surface area contributed by atoms with Gasteiger partial charge in [-0.2, -0.15) is 0 Å². The zero-order chi connectivity index (χ0) is 19.8. The normalized spacial score (nSPS) is 14.0. The molecule has 7 heteroatoms. The highest BCUT2D eigenvalue weighted by Crippen LogP contribution is 2.15. The summed E-state index contributed by atoms with van der Waals surface area (Å²) in [4.78, 5) is 29.2. The molecule has 2 amide bonds. The van der Waals surface area contributed by atoms with Crippen LogP contribution in [0, 0.1) is 0 Å². The highest BCUT2D eigenvalue weighted by molar-refractivity contribution is 6.07. The van der Waals surface area contributed by atoms with Crippen LogP contribution in [-0.4, -0.2) is 63.0 Å². The van der Waals surface area contributed by atoms with Crippen LogP contribution in [0.3, 0.4) is 0 Å². The van der Waals surface area contributed by atoms with Crippen LogP contribution in [0.5, 0.6) is 0 Å². The number of hydrogen-bond acceptors (Lipinski definition) is 4. The number of carbonyl (C=O) groups excluding carboxylic acids is 2. The standard InChI is InChI=1S/C22H28N4O2.ClH/c1-25(20-9-3-2-4-10-20)22(28)19-8-5-7-18(17-19)21(27)24-11-6-14-26-15-12-23-13-16-26;/h2-5,7-10,17,23H,6,11-16H2,1H3,(H,24,27);1H. The zero-order valence-electron chi connectivity index (χ0n) is 16.8. The van der Waals surface area contributed by atoms with E-state index < -0.39 is 0 Å². The molecule has 0 aromatic heterocycles. The highest BCUT2D eigenvalue weighted by Gasteiger charge is 2.15. The van der Waals surface area contributed by atoms with Gasteiger partial charge < -0.3 is 20.4 Å². The molecule has 0 saturated carbocycles. The number of benzene rings is 2. The second kappa shape index (κ2) is 11.6. The number of piperazine rings is 1. The first-order valence-electron chi connectivity index (χ1n) is 9.79. The lowest BCUT2D eigenvalue weighted by molar-refractivity contribution is 0.0951. The van der Waals surface area contributed by atoms with Gasteiger partial charge in [0.15, 0.2) is 0 Å². The first kappa shape index (κ1) is 22.9. The lowest BCUT2D eigenvalue weighted by Crippen LogP contribution is -2.44. The van der Waals surface area contributed by atoms with Crippen LogP contribution < -0.4 is 15.5 Å². The summed E-state index contributed by atoms with van der Waals surface area (Å²) in [6.07, 6.45) is 0.918. The molecule has 0 radical (unpaired) electrons. The number of nitrogens with one attached hydrogen (secondary N) is 2. The van der Waals surface area contributed by atoms with E-state index in [4.69, 9.17) is 0 Å². The molecule has 0 aliphatic carbocycles. The molecule has 2 N–H and O–H groups in total. The van der Waals surface area contributed by atoms with Crippen molar-refractivity contribution >= 4 is 29.9 Å². The number of nitrogens with zero attached hydrogens (tertiary/aromatic N) is 2. The molecule has 1 aliphatic heterocycles. The van der Waals surface area contributed by atoms with Gasteiger partial charge >= 0.3 is 0 Å². The Morgan fingerprint density at radius 3 is 2.45 bits per heavy atom. The first-order chi connectivity index (χ1) is 13.6. The zero-order valence-corrected chi connectivity index (χ0v) is 17.6. The molecule has 0 bridgehead atoms. The van der Waals surface area contributed by atoms with Crippen molar-refractivity contribution in [3.8, 4) is 0 Å². The minimum absolute atomic E-state index is 0. The average molecular weight is 417 g/mol. The Bertz CT molecular complexity index is 794. The summed E-state index contributed by atoms with van der Waals surface area (Å²) in [5.41, 5.74) is 1.82. The van der Waals surface area contributed by atoms with Gasteiger partial charge in [-0.15, -0.1) is 12.4 Å². The van der Waals surface area contributed by atoms with Crippen molar-refractivity contribution in [3.63, 3.8) is 0 Å². The van der Waals surface area contributed by atoms with Crippen molar-refractivity contribution in [2.75, 3.05) is 51.2 Å². The molecule has 29 heavy (non-hydrogen) atoms. The molecule has 0 unspecified atom stereocenters. The molecule has 1 aliphatic rings. The van der Waals surface area contributed by atoms with Gasteiger partial charge in [-0.25, -0.2) is 0 Å². The predicted octanol–water partition coefficient (Wildman–Crippen LogP) is 2.41. The van der Waals surface area contributed by atoms with Crippen molar-refractivity contribution in [2.24, 2.45) is 0 Å². The first-order valence-corrected chi connectivity index (χ1v) is 9.79. The Labute approximate surface area is 178 Å². The van der Waals surface area contributed by atoms with E-state index in [-0.39, 0.29) is 24.2 Å². The predicted molar refractivity (Wildman–Crippen MR) is 119 cm³/mol. The molecular weight excluding hydrogens is 388 g/mol. The van der Waals surface area contributed by atoms with E-state index >= 15 is 0 Å². The molecule has 1 fully saturated rings. The summed E-state index contributed by atoms with van der Waals surface area (Å²) in [7, 11) is 1.74. The van der Waals surface area contributed by atoms with Crippen LogP contribution in [-0.2, 0) is 0 Å². The monoisotopic (exact) mass is 416 g/mol. The van der Waals surface area contributed by atoms with E-state index in [9.17, 15) is 9.59 Å². The van der Waals surface area contributed by atoms with Crippen LogP contribution in [0.25, 0.3) is 0 Å². The maximum Gasteiger partial charge on any atom is 0.258 e. The summed E-state index contributed by atoms with van der Waals surface area (Å²) < 4.78 is 0. The topological polar surface area (TPSA) is 64.7 Å². The molecule has 156 valence electrons. The Morgan fingerprint density at radius 1 is 1.03 bits per heavy atom. The summed E-state index contributed by atoms with van der Waals surface area (Å²) in [5.74, 6) is -0.281. The largest absolute Gasteiger partial charge is 0.352 e. The van der Waals surface area contributed by atoms with Gasteiger partial charge in [0.1, 0.15) is 0 Å². The Hall–Kier alpha value is -2.41. The summed E-state index contributed by atoms with van der Waals surface area (Å²) in [6.45, 7) is 5.81. The summed E-state index contributed by atoms with van der Waals surface area (Å²) in [6, 6.07) is 16.4. The number of halogens is 1. The Kier molecular flexibility index (Phi) is 9.12. The van der Waals surface area contributed by atoms with E-state index in [1.54, 1.807) is 36.2 Å². The molecule has 1 saturated heterocycles.